The highest BCUT2D eigenvalue weighted by molar-refractivity contribution is 5.84. The smallest absolute Gasteiger partial charge is 0.223 e. The summed E-state index contributed by atoms with van der Waals surface area (Å²) in [6, 6.07) is 8.43. The maximum Gasteiger partial charge on any atom is 0.223 e. The highest BCUT2D eigenvalue weighted by Crippen LogP contribution is 2.20. The molecule has 0 aliphatic heterocycles. The molecule has 0 radical (unpaired) electrons. The van der Waals surface area contributed by atoms with E-state index < -0.39 is 0 Å². The van der Waals surface area contributed by atoms with Crippen molar-refractivity contribution in [1.82, 2.24) is 14.8 Å². The Morgan fingerprint density at radius 2 is 2.11 bits per heavy atom. The molecule has 1 heterocycles. The summed E-state index contributed by atoms with van der Waals surface area (Å²) in [6.07, 6.45) is 2.60. The largest absolute Gasteiger partial charge is 0.349 e. The fraction of sp³-hybridized carbons (Fsp3) is 0.400. The first-order valence-electron chi connectivity index (χ1n) is 6.55. The van der Waals surface area contributed by atoms with E-state index >= 15 is 0 Å². The van der Waals surface area contributed by atoms with Gasteiger partial charge in [0.25, 0.3) is 0 Å². The minimum atomic E-state index is 0.160. The van der Waals surface area contributed by atoms with Gasteiger partial charge in [0.2, 0.25) is 5.91 Å². The molecule has 1 aromatic heterocycles. The minimum Gasteiger partial charge on any atom is -0.349 e. The van der Waals surface area contributed by atoms with Crippen LogP contribution in [0.5, 0.6) is 0 Å². The minimum absolute atomic E-state index is 0.160. The van der Waals surface area contributed by atoms with Gasteiger partial charge >= 0.3 is 0 Å². The van der Waals surface area contributed by atoms with Crippen LogP contribution in [-0.4, -0.2) is 36.5 Å². The summed E-state index contributed by atoms with van der Waals surface area (Å²) in [6.45, 7) is 1.58. The van der Waals surface area contributed by atoms with Crippen LogP contribution in [0.1, 0.15) is 12.0 Å². The van der Waals surface area contributed by atoms with Gasteiger partial charge in [-0.3, -0.25) is 4.79 Å². The van der Waals surface area contributed by atoms with Gasteiger partial charge in [0, 0.05) is 50.7 Å². The zero-order valence-corrected chi connectivity index (χ0v) is 11.8. The van der Waals surface area contributed by atoms with Crippen molar-refractivity contribution in [2.45, 2.75) is 19.5 Å². The Hall–Kier alpha value is -1.81. The van der Waals surface area contributed by atoms with Crippen molar-refractivity contribution in [3.8, 4) is 0 Å². The van der Waals surface area contributed by atoms with Crippen LogP contribution in [0.25, 0.3) is 10.9 Å². The number of benzene rings is 1. The van der Waals surface area contributed by atoms with Crippen molar-refractivity contribution in [3.05, 3.63) is 36.0 Å². The number of fused-ring (bicyclic) bond motifs is 1. The Kier molecular flexibility index (Phi) is 4.22. The first-order valence-corrected chi connectivity index (χ1v) is 6.55. The van der Waals surface area contributed by atoms with Gasteiger partial charge < -0.3 is 14.8 Å². The molecule has 1 aromatic carbocycles. The highest BCUT2D eigenvalue weighted by Gasteiger charge is 2.08. The fourth-order valence-electron chi connectivity index (χ4n) is 2.27. The molecule has 0 saturated heterocycles. The summed E-state index contributed by atoms with van der Waals surface area (Å²) in [5, 5.41) is 4.44. The Morgan fingerprint density at radius 1 is 1.32 bits per heavy atom. The summed E-state index contributed by atoms with van der Waals surface area (Å²) >= 11 is 0. The van der Waals surface area contributed by atoms with Crippen molar-refractivity contribution in [3.63, 3.8) is 0 Å². The second-order valence-corrected chi connectivity index (χ2v) is 4.93. The molecular formula is C15H21N3O. The number of carbonyl (C=O) groups excluding carboxylic acids is 1. The zero-order chi connectivity index (χ0) is 13.8. The van der Waals surface area contributed by atoms with Crippen molar-refractivity contribution in [1.29, 1.82) is 0 Å². The number of hydrogen-bond acceptors (Lipinski definition) is 2. The van der Waals surface area contributed by atoms with Crippen molar-refractivity contribution in [2.75, 3.05) is 21.1 Å². The average molecular weight is 259 g/mol. The third-order valence-corrected chi connectivity index (χ3v) is 3.34. The van der Waals surface area contributed by atoms with Gasteiger partial charge in [-0.2, -0.15) is 0 Å². The lowest BCUT2D eigenvalue weighted by Gasteiger charge is -2.11. The van der Waals surface area contributed by atoms with Gasteiger partial charge in [0.05, 0.1) is 0 Å². The van der Waals surface area contributed by atoms with Crippen LogP contribution >= 0.6 is 0 Å². The predicted molar refractivity (Wildman–Crippen MR) is 78.0 cm³/mol. The number of aromatic nitrogens is 1. The molecule has 0 bridgehead atoms. The van der Waals surface area contributed by atoms with Gasteiger partial charge in [-0.05, 0) is 24.7 Å². The van der Waals surface area contributed by atoms with Crippen LogP contribution in [0.2, 0.25) is 0 Å². The lowest BCUT2D eigenvalue weighted by molar-refractivity contribution is -0.128. The molecule has 0 aliphatic carbocycles. The summed E-state index contributed by atoms with van der Waals surface area (Å²) in [5.74, 6) is 0.160. The number of aryl methyl sites for hydroxylation is 1. The quantitative estimate of drug-likeness (QED) is 0.889. The lowest BCUT2D eigenvalue weighted by atomic mass is 10.1. The normalized spacial score (nSPS) is 10.9. The monoisotopic (exact) mass is 259 g/mol. The van der Waals surface area contributed by atoms with Crippen LogP contribution in [0, 0.1) is 0 Å². The lowest BCUT2D eigenvalue weighted by Crippen LogP contribution is -2.22. The summed E-state index contributed by atoms with van der Waals surface area (Å²) < 4.78 is 2.15. The molecule has 19 heavy (non-hydrogen) atoms. The van der Waals surface area contributed by atoms with E-state index in [9.17, 15) is 4.79 Å². The number of rotatable bonds is 5. The van der Waals surface area contributed by atoms with Crippen LogP contribution in [0.4, 0.5) is 0 Å². The van der Waals surface area contributed by atoms with Crippen molar-refractivity contribution < 1.29 is 4.79 Å². The number of hydrogen-bond donors (Lipinski definition) is 1. The molecule has 2 aromatic rings. The number of nitrogens with zero attached hydrogens (tertiary/aromatic N) is 2. The fourth-order valence-corrected chi connectivity index (χ4v) is 2.27. The molecule has 0 fully saturated rings. The first-order chi connectivity index (χ1) is 9.13. The molecule has 4 heteroatoms. The molecule has 0 atom stereocenters. The predicted octanol–water partition coefficient (Wildman–Crippen LogP) is 1.84. The van der Waals surface area contributed by atoms with Gasteiger partial charge in [0.1, 0.15) is 0 Å². The van der Waals surface area contributed by atoms with Gasteiger partial charge in [-0.1, -0.05) is 12.1 Å². The SMILES string of the molecule is CNCc1cccc2c1ccn2CCC(=O)N(C)C. The highest BCUT2D eigenvalue weighted by atomic mass is 16.2. The topological polar surface area (TPSA) is 37.3 Å². The molecule has 2 rings (SSSR count). The number of amides is 1. The van der Waals surface area contributed by atoms with E-state index in [1.807, 2.05) is 7.05 Å². The van der Waals surface area contributed by atoms with Gasteiger partial charge in [-0.25, -0.2) is 0 Å². The van der Waals surface area contributed by atoms with E-state index in [0.29, 0.717) is 6.42 Å². The van der Waals surface area contributed by atoms with Crippen LogP contribution in [-0.2, 0) is 17.9 Å². The van der Waals surface area contributed by atoms with E-state index in [1.165, 1.54) is 16.5 Å². The molecule has 1 amide bonds. The molecule has 4 nitrogen and oxygen atoms in total. The molecule has 0 aliphatic rings. The van der Waals surface area contributed by atoms with E-state index in [4.69, 9.17) is 0 Å². The van der Waals surface area contributed by atoms with E-state index in [-0.39, 0.29) is 5.91 Å². The molecule has 102 valence electrons. The first kappa shape index (κ1) is 13.6. The number of carbonyl (C=O) groups is 1. The second-order valence-electron chi connectivity index (χ2n) is 4.93. The molecular weight excluding hydrogens is 238 g/mol. The van der Waals surface area contributed by atoms with E-state index in [2.05, 4.69) is 40.3 Å². The van der Waals surface area contributed by atoms with Gasteiger partial charge in [0.15, 0.2) is 0 Å². The maximum atomic E-state index is 11.6. The van der Waals surface area contributed by atoms with E-state index in [1.54, 1.807) is 19.0 Å². The Balaban J connectivity index is 2.21. The van der Waals surface area contributed by atoms with Crippen molar-refractivity contribution >= 4 is 16.8 Å². The van der Waals surface area contributed by atoms with E-state index in [0.717, 1.165) is 13.1 Å². The Morgan fingerprint density at radius 3 is 2.79 bits per heavy atom. The standard InChI is InChI=1S/C15H21N3O/c1-16-11-12-5-4-6-14-13(12)7-9-18(14)10-8-15(19)17(2)3/h4-7,9,16H,8,10-11H2,1-3H3. The Bertz CT molecular complexity index is 572. The second kappa shape index (κ2) is 5.89. The summed E-state index contributed by atoms with van der Waals surface area (Å²) in [5.41, 5.74) is 2.48. The maximum absolute atomic E-state index is 11.6. The Labute approximate surface area is 114 Å². The van der Waals surface area contributed by atoms with Crippen LogP contribution in [0.3, 0.4) is 0 Å². The molecule has 1 N–H and O–H groups in total. The van der Waals surface area contributed by atoms with Crippen molar-refractivity contribution in [2.24, 2.45) is 0 Å². The summed E-state index contributed by atoms with van der Waals surface area (Å²) in [7, 11) is 5.54. The molecule has 0 spiro atoms. The van der Waals surface area contributed by atoms with Gasteiger partial charge in [-0.15, -0.1) is 0 Å². The molecule has 0 unspecified atom stereocenters. The zero-order valence-electron chi connectivity index (χ0n) is 11.8. The van der Waals surface area contributed by atoms with Crippen LogP contribution in [0.15, 0.2) is 30.5 Å². The number of nitrogens with one attached hydrogen (secondary N) is 1. The third-order valence-electron chi connectivity index (χ3n) is 3.34. The average Bonchev–Trinajstić information content (AvgIpc) is 2.80. The third kappa shape index (κ3) is 2.96. The van der Waals surface area contributed by atoms with Crippen LogP contribution < -0.4 is 5.32 Å². The summed E-state index contributed by atoms with van der Waals surface area (Å²) in [4.78, 5) is 13.3. The molecule has 0 saturated carbocycles.